The Hall–Kier alpha value is -0.830. The summed E-state index contributed by atoms with van der Waals surface area (Å²) < 4.78 is 2.37. The van der Waals surface area contributed by atoms with Gasteiger partial charge in [-0.15, -0.1) is 0 Å². The largest absolute Gasteiger partial charge is 0.316 e. The van der Waals surface area contributed by atoms with Crippen LogP contribution in [0.4, 0.5) is 0 Å². The molecular formula is C16H27N3. The van der Waals surface area contributed by atoms with E-state index in [1.165, 1.54) is 61.9 Å². The van der Waals surface area contributed by atoms with E-state index in [0.29, 0.717) is 12.0 Å². The topological polar surface area (TPSA) is 29.9 Å². The molecule has 0 radical (unpaired) electrons. The number of hydrogen-bond acceptors (Lipinski definition) is 2. The van der Waals surface area contributed by atoms with Crippen LogP contribution >= 0.6 is 0 Å². The van der Waals surface area contributed by atoms with Crippen molar-refractivity contribution in [1.29, 1.82) is 0 Å². The van der Waals surface area contributed by atoms with Crippen LogP contribution in [0, 0.1) is 13.8 Å². The fourth-order valence-electron chi connectivity index (χ4n) is 4.03. The quantitative estimate of drug-likeness (QED) is 0.826. The van der Waals surface area contributed by atoms with Gasteiger partial charge in [0, 0.05) is 23.7 Å². The fourth-order valence-corrected chi connectivity index (χ4v) is 4.03. The minimum Gasteiger partial charge on any atom is -0.316 e. The Morgan fingerprint density at radius 1 is 1.05 bits per heavy atom. The lowest BCUT2D eigenvalue weighted by Crippen LogP contribution is -2.13. The summed E-state index contributed by atoms with van der Waals surface area (Å²) in [4.78, 5) is 0. The smallest absolute Gasteiger partial charge is 0.0631 e. The van der Waals surface area contributed by atoms with Crippen LogP contribution in [0.2, 0.25) is 0 Å². The summed E-state index contributed by atoms with van der Waals surface area (Å²) >= 11 is 0. The predicted molar refractivity (Wildman–Crippen MR) is 78.7 cm³/mol. The van der Waals surface area contributed by atoms with Gasteiger partial charge in [-0.25, -0.2) is 0 Å². The first-order valence-electron chi connectivity index (χ1n) is 8.03. The second kappa shape index (κ2) is 5.66. The summed E-state index contributed by atoms with van der Waals surface area (Å²) in [6, 6.07) is 0.657. The standard InChI is InChI=1S/C16H27N3/c1-12-16(14-9-10-17-11-14)13(2)19(18-12)15-7-5-3-4-6-8-15/h14-15,17H,3-11H2,1-2H3. The first-order valence-corrected chi connectivity index (χ1v) is 8.03. The number of hydrogen-bond donors (Lipinski definition) is 1. The molecule has 3 rings (SSSR count). The maximum atomic E-state index is 4.91. The molecule has 1 N–H and O–H groups in total. The molecule has 1 aliphatic heterocycles. The maximum Gasteiger partial charge on any atom is 0.0631 e. The second-order valence-electron chi connectivity index (χ2n) is 6.36. The molecule has 1 unspecified atom stereocenters. The van der Waals surface area contributed by atoms with E-state index in [4.69, 9.17) is 5.10 Å². The van der Waals surface area contributed by atoms with Gasteiger partial charge in [-0.2, -0.15) is 5.10 Å². The third-order valence-electron chi connectivity index (χ3n) is 5.02. The Morgan fingerprint density at radius 2 is 1.79 bits per heavy atom. The predicted octanol–water partition coefficient (Wildman–Crippen LogP) is 3.47. The molecule has 1 saturated heterocycles. The van der Waals surface area contributed by atoms with E-state index < -0.39 is 0 Å². The zero-order valence-electron chi connectivity index (χ0n) is 12.4. The molecule has 0 aromatic carbocycles. The van der Waals surface area contributed by atoms with E-state index in [1.807, 2.05) is 0 Å². The Morgan fingerprint density at radius 3 is 2.42 bits per heavy atom. The van der Waals surface area contributed by atoms with Crippen LogP contribution < -0.4 is 5.32 Å². The molecule has 0 spiro atoms. The summed E-state index contributed by atoms with van der Waals surface area (Å²) in [6.07, 6.45) is 9.50. The molecule has 1 aromatic rings. The Labute approximate surface area is 116 Å². The van der Waals surface area contributed by atoms with E-state index in [9.17, 15) is 0 Å². The van der Waals surface area contributed by atoms with Crippen LogP contribution in [0.15, 0.2) is 0 Å². The number of nitrogens with zero attached hydrogens (tertiary/aromatic N) is 2. The monoisotopic (exact) mass is 261 g/mol. The molecule has 2 fully saturated rings. The summed E-state index contributed by atoms with van der Waals surface area (Å²) in [6.45, 7) is 6.79. The van der Waals surface area contributed by atoms with Crippen molar-refractivity contribution in [3.05, 3.63) is 17.0 Å². The van der Waals surface area contributed by atoms with Crippen LogP contribution in [0.25, 0.3) is 0 Å². The summed E-state index contributed by atoms with van der Waals surface area (Å²) in [5, 5.41) is 8.40. The Balaban J connectivity index is 1.87. The molecule has 106 valence electrons. The van der Waals surface area contributed by atoms with Crippen molar-refractivity contribution in [1.82, 2.24) is 15.1 Å². The SMILES string of the molecule is Cc1nn(C2CCCCCC2)c(C)c1C1CCNC1. The van der Waals surface area contributed by atoms with Gasteiger partial charge in [0.15, 0.2) is 0 Å². The summed E-state index contributed by atoms with van der Waals surface area (Å²) in [5.74, 6) is 0.694. The van der Waals surface area contributed by atoms with E-state index in [1.54, 1.807) is 0 Å². The van der Waals surface area contributed by atoms with E-state index >= 15 is 0 Å². The lowest BCUT2D eigenvalue weighted by Gasteiger charge is -2.18. The number of rotatable bonds is 2. The van der Waals surface area contributed by atoms with Crippen LogP contribution in [-0.2, 0) is 0 Å². The van der Waals surface area contributed by atoms with Gasteiger partial charge in [0.25, 0.3) is 0 Å². The molecule has 1 aromatic heterocycles. The molecule has 0 bridgehead atoms. The molecule has 2 aliphatic rings. The lowest BCUT2D eigenvalue weighted by molar-refractivity contribution is 0.396. The van der Waals surface area contributed by atoms with Crippen LogP contribution in [0.3, 0.4) is 0 Å². The van der Waals surface area contributed by atoms with Crippen molar-refractivity contribution in [2.45, 2.75) is 70.8 Å². The zero-order valence-corrected chi connectivity index (χ0v) is 12.4. The van der Waals surface area contributed by atoms with E-state index in [2.05, 4.69) is 23.8 Å². The van der Waals surface area contributed by atoms with Crippen molar-refractivity contribution in [2.24, 2.45) is 0 Å². The molecule has 2 heterocycles. The van der Waals surface area contributed by atoms with E-state index in [-0.39, 0.29) is 0 Å². The highest BCUT2D eigenvalue weighted by molar-refractivity contribution is 5.30. The maximum absolute atomic E-state index is 4.91. The van der Waals surface area contributed by atoms with Gasteiger partial charge in [0.05, 0.1) is 11.7 Å². The molecular weight excluding hydrogens is 234 g/mol. The van der Waals surface area contributed by atoms with Gasteiger partial charge >= 0.3 is 0 Å². The van der Waals surface area contributed by atoms with Crippen molar-refractivity contribution < 1.29 is 0 Å². The average molecular weight is 261 g/mol. The van der Waals surface area contributed by atoms with Gasteiger partial charge in [0.2, 0.25) is 0 Å². The first kappa shape index (κ1) is 13.2. The van der Waals surface area contributed by atoms with Gasteiger partial charge in [0.1, 0.15) is 0 Å². The van der Waals surface area contributed by atoms with Gasteiger partial charge < -0.3 is 5.32 Å². The number of aromatic nitrogens is 2. The minimum absolute atomic E-state index is 0.657. The molecule has 0 amide bonds. The normalized spacial score (nSPS) is 25.7. The molecule has 3 nitrogen and oxygen atoms in total. The van der Waals surface area contributed by atoms with Gasteiger partial charge in [-0.05, 0) is 39.7 Å². The molecule has 3 heteroatoms. The fraction of sp³-hybridized carbons (Fsp3) is 0.812. The van der Waals surface area contributed by atoms with Crippen molar-refractivity contribution in [2.75, 3.05) is 13.1 Å². The van der Waals surface area contributed by atoms with E-state index in [0.717, 1.165) is 13.1 Å². The van der Waals surface area contributed by atoms with Crippen molar-refractivity contribution >= 4 is 0 Å². The highest BCUT2D eigenvalue weighted by Crippen LogP contribution is 2.33. The van der Waals surface area contributed by atoms with Gasteiger partial charge in [-0.1, -0.05) is 25.7 Å². The molecule has 1 aliphatic carbocycles. The summed E-state index contributed by atoms with van der Waals surface area (Å²) in [5.41, 5.74) is 4.25. The highest BCUT2D eigenvalue weighted by Gasteiger charge is 2.26. The second-order valence-corrected chi connectivity index (χ2v) is 6.36. The zero-order chi connectivity index (χ0) is 13.2. The van der Waals surface area contributed by atoms with Gasteiger partial charge in [-0.3, -0.25) is 4.68 Å². The third-order valence-corrected chi connectivity index (χ3v) is 5.02. The lowest BCUT2D eigenvalue weighted by atomic mass is 9.96. The number of nitrogens with one attached hydrogen (secondary N) is 1. The Kier molecular flexibility index (Phi) is 3.92. The Bertz CT molecular complexity index is 421. The van der Waals surface area contributed by atoms with Crippen LogP contribution in [0.5, 0.6) is 0 Å². The van der Waals surface area contributed by atoms with Crippen LogP contribution in [-0.4, -0.2) is 22.9 Å². The number of aryl methyl sites for hydroxylation is 1. The first-order chi connectivity index (χ1) is 9.27. The van der Waals surface area contributed by atoms with Crippen molar-refractivity contribution in [3.63, 3.8) is 0 Å². The molecule has 1 saturated carbocycles. The van der Waals surface area contributed by atoms with Crippen molar-refractivity contribution in [3.8, 4) is 0 Å². The average Bonchev–Trinajstić information content (AvgIpc) is 2.90. The minimum atomic E-state index is 0.657. The third kappa shape index (κ3) is 2.58. The summed E-state index contributed by atoms with van der Waals surface area (Å²) in [7, 11) is 0. The molecule has 1 atom stereocenters. The highest BCUT2D eigenvalue weighted by atomic mass is 15.3. The molecule has 19 heavy (non-hydrogen) atoms. The van der Waals surface area contributed by atoms with Crippen LogP contribution in [0.1, 0.15) is 73.9 Å².